The van der Waals surface area contributed by atoms with Crippen LogP contribution in [0.5, 0.6) is 0 Å². The van der Waals surface area contributed by atoms with Gasteiger partial charge in [0.05, 0.1) is 13.2 Å². The molecule has 0 fully saturated rings. The highest BCUT2D eigenvalue weighted by Crippen LogP contribution is 1.92. The molecule has 3 heteroatoms. The van der Waals surface area contributed by atoms with E-state index in [1.807, 2.05) is 0 Å². The van der Waals surface area contributed by atoms with Gasteiger partial charge >= 0.3 is 0 Å². The Bertz CT molecular complexity index is 82.5. The summed E-state index contributed by atoms with van der Waals surface area (Å²) in [5.41, 5.74) is 0.188. The molecule has 0 bridgehead atoms. The largest absolute Gasteiger partial charge is 0.396 e. The zero-order chi connectivity index (χ0) is 6.57. The molecule has 0 radical (unpaired) electrons. The first-order valence-corrected chi connectivity index (χ1v) is 2.51. The second kappa shape index (κ2) is 3.57. The average Bonchev–Trinajstić information content (AvgIpc) is 1.84. The number of hydrogen-bond donors (Lipinski definition) is 3. The first kappa shape index (κ1) is 7.59. The monoisotopic (exact) mass is 117 g/mol. The Morgan fingerprint density at radius 2 is 2.12 bits per heavy atom. The smallest absolute Gasteiger partial charge is 0.0810 e. The van der Waals surface area contributed by atoms with Crippen molar-refractivity contribution in [1.29, 1.82) is 5.41 Å². The third-order valence-corrected chi connectivity index (χ3v) is 1.04. The molecule has 0 rings (SSSR count). The van der Waals surface area contributed by atoms with Crippen molar-refractivity contribution in [3.05, 3.63) is 0 Å². The summed E-state index contributed by atoms with van der Waals surface area (Å²) < 4.78 is 0. The van der Waals surface area contributed by atoms with Gasteiger partial charge < -0.3 is 15.6 Å². The first-order valence-electron chi connectivity index (χ1n) is 2.51. The second-order valence-electron chi connectivity index (χ2n) is 1.77. The van der Waals surface area contributed by atoms with Crippen LogP contribution in [0.1, 0.15) is 6.92 Å². The predicted molar refractivity (Wildman–Crippen MR) is 31.1 cm³/mol. The van der Waals surface area contributed by atoms with E-state index in [-0.39, 0.29) is 24.8 Å². The van der Waals surface area contributed by atoms with Gasteiger partial charge in [0, 0.05) is 11.6 Å². The lowest BCUT2D eigenvalue weighted by Crippen LogP contribution is -2.17. The van der Waals surface area contributed by atoms with Gasteiger partial charge in [0.1, 0.15) is 0 Å². The molecular weight excluding hydrogens is 106 g/mol. The van der Waals surface area contributed by atoms with Crippen molar-refractivity contribution in [3.63, 3.8) is 0 Å². The third kappa shape index (κ3) is 2.04. The number of nitrogens with one attached hydrogen (secondary N) is 1. The van der Waals surface area contributed by atoms with Gasteiger partial charge in [-0.05, 0) is 0 Å². The summed E-state index contributed by atoms with van der Waals surface area (Å²) in [7, 11) is 0. The van der Waals surface area contributed by atoms with Crippen molar-refractivity contribution in [2.75, 3.05) is 13.2 Å². The van der Waals surface area contributed by atoms with Crippen LogP contribution in [0.3, 0.4) is 0 Å². The van der Waals surface area contributed by atoms with E-state index < -0.39 is 0 Å². The van der Waals surface area contributed by atoms with Crippen LogP contribution in [-0.4, -0.2) is 29.1 Å². The molecule has 0 spiro atoms. The van der Waals surface area contributed by atoms with Crippen molar-refractivity contribution >= 4 is 5.71 Å². The molecule has 0 heterocycles. The van der Waals surface area contributed by atoms with Crippen molar-refractivity contribution in [1.82, 2.24) is 0 Å². The molecule has 0 aliphatic heterocycles. The molecule has 0 saturated heterocycles. The molecular formula is C5H11NO2. The molecule has 0 amide bonds. The van der Waals surface area contributed by atoms with E-state index in [2.05, 4.69) is 0 Å². The fourth-order valence-electron chi connectivity index (χ4n) is 0.266. The lowest BCUT2D eigenvalue weighted by molar-refractivity contribution is 0.261. The van der Waals surface area contributed by atoms with Crippen molar-refractivity contribution < 1.29 is 10.2 Å². The molecule has 0 aromatic carbocycles. The van der Waals surface area contributed by atoms with Crippen molar-refractivity contribution in [3.8, 4) is 0 Å². The quantitative estimate of drug-likeness (QED) is 0.441. The predicted octanol–water partition coefficient (Wildman–Crippen LogP) is -0.373. The standard InChI is InChI=1S/C5H11NO2/c1-4(2-7)5(6)3-8/h4,6-8H,2-3H2,1H3. The summed E-state index contributed by atoms with van der Waals surface area (Å²) in [6, 6.07) is 0. The fourth-order valence-corrected chi connectivity index (χ4v) is 0.266. The SMILES string of the molecule is CC(CO)C(=N)CO. The summed E-state index contributed by atoms with van der Waals surface area (Å²) >= 11 is 0. The molecule has 3 nitrogen and oxygen atoms in total. The Labute approximate surface area is 48.5 Å². The normalized spacial score (nSPS) is 13.4. The molecule has 0 aromatic heterocycles. The van der Waals surface area contributed by atoms with Crippen molar-refractivity contribution in [2.45, 2.75) is 6.92 Å². The summed E-state index contributed by atoms with van der Waals surface area (Å²) in [4.78, 5) is 0. The molecule has 8 heavy (non-hydrogen) atoms. The van der Waals surface area contributed by atoms with E-state index in [0.29, 0.717) is 0 Å². The zero-order valence-corrected chi connectivity index (χ0v) is 4.89. The Balaban J connectivity index is 3.46. The Morgan fingerprint density at radius 1 is 1.62 bits per heavy atom. The molecule has 0 aromatic rings. The Morgan fingerprint density at radius 3 is 2.25 bits per heavy atom. The van der Waals surface area contributed by atoms with Gasteiger partial charge in [0.25, 0.3) is 0 Å². The van der Waals surface area contributed by atoms with Crippen LogP contribution in [0.25, 0.3) is 0 Å². The highest BCUT2D eigenvalue weighted by molar-refractivity contribution is 5.84. The third-order valence-electron chi connectivity index (χ3n) is 1.04. The topological polar surface area (TPSA) is 64.3 Å². The lowest BCUT2D eigenvalue weighted by atomic mass is 10.1. The minimum atomic E-state index is -0.248. The molecule has 48 valence electrons. The van der Waals surface area contributed by atoms with E-state index in [0.717, 1.165) is 0 Å². The minimum absolute atomic E-state index is 0.0562. The van der Waals surface area contributed by atoms with Crippen LogP contribution in [0.2, 0.25) is 0 Å². The minimum Gasteiger partial charge on any atom is -0.396 e. The fraction of sp³-hybridized carbons (Fsp3) is 0.800. The van der Waals surface area contributed by atoms with Gasteiger partial charge in [-0.2, -0.15) is 0 Å². The summed E-state index contributed by atoms with van der Waals surface area (Å²) in [6.07, 6.45) is 0. The maximum Gasteiger partial charge on any atom is 0.0810 e. The number of aliphatic hydroxyl groups is 2. The van der Waals surface area contributed by atoms with E-state index in [1.54, 1.807) is 6.92 Å². The van der Waals surface area contributed by atoms with E-state index in [9.17, 15) is 0 Å². The molecule has 1 unspecified atom stereocenters. The molecule has 0 saturated carbocycles. The first-order chi connectivity index (χ1) is 3.72. The van der Waals surface area contributed by atoms with Crippen LogP contribution in [0, 0.1) is 11.3 Å². The lowest BCUT2D eigenvalue weighted by Gasteiger charge is -2.04. The van der Waals surface area contributed by atoms with E-state index >= 15 is 0 Å². The van der Waals surface area contributed by atoms with Gasteiger partial charge in [0.2, 0.25) is 0 Å². The molecule has 1 atom stereocenters. The van der Waals surface area contributed by atoms with Gasteiger partial charge in [-0.3, -0.25) is 0 Å². The summed E-state index contributed by atoms with van der Waals surface area (Å²) in [6.45, 7) is 1.39. The summed E-state index contributed by atoms with van der Waals surface area (Å²) in [5, 5.41) is 23.6. The Kier molecular flexibility index (Phi) is 3.39. The van der Waals surface area contributed by atoms with Crippen LogP contribution < -0.4 is 0 Å². The van der Waals surface area contributed by atoms with Crippen molar-refractivity contribution in [2.24, 2.45) is 5.92 Å². The maximum atomic E-state index is 8.38. The summed E-state index contributed by atoms with van der Waals surface area (Å²) in [5.74, 6) is -0.194. The van der Waals surface area contributed by atoms with E-state index in [4.69, 9.17) is 15.6 Å². The molecule has 3 N–H and O–H groups in total. The second-order valence-corrected chi connectivity index (χ2v) is 1.77. The number of rotatable bonds is 3. The molecule has 0 aliphatic rings. The highest BCUT2D eigenvalue weighted by Gasteiger charge is 2.03. The highest BCUT2D eigenvalue weighted by atomic mass is 16.3. The number of hydrogen-bond acceptors (Lipinski definition) is 3. The average molecular weight is 117 g/mol. The number of aliphatic hydroxyl groups excluding tert-OH is 2. The van der Waals surface area contributed by atoms with Crippen LogP contribution in [0.15, 0.2) is 0 Å². The van der Waals surface area contributed by atoms with Crippen LogP contribution in [-0.2, 0) is 0 Å². The van der Waals surface area contributed by atoms with Gasteiger partial charge in [-0.25, -0.2) is 0 Å². The molecule has 0 aliphatic carbocycles. The van der Waals surface area contributed by atoms with Crippen LogP contribution in [0.4, 0.5) is 0 Å². The zero-order valence-electron chi connectivity index (χ0n) is 4.89. The maximum absolute atomic E-state index is 8.38. The van der Waals surface area contributed by atoms with E-state index in [1.165, 1.54) is 0 Å². The van der Waals surface area contributed by atoms with Crippen LogP contribution >= 0.6 is 0 Å². The van der Waals surface area contributed by atoms with Gasteiger partial charge in [-0.15, -0.1) is 0 Å². The van der Waals surface area contributed by atoms with Gasteiger partial charge in [0.15, 0.2) is 0 Å². The Hall–Kier alpha value is -0.410. The van der Waals surface area contributed by atoms with Gasteiger partial charge in [-0.1, -0.05) is 6.92 Å².